The number of hydrogen-bond acceptors (Lipinski definition) is 3. The van der Waals surface area contributed by atoms with Gasteiger partial charge in [0.25, 0.3) is 0 Å². The number of aromatic nitrogens is 5. The average Bonchev–Trinajstić information content (AvgIpc) is 3.74. The highest BCUT2D eigenvalue weighted by molar-refractivity contribution is 5.92. The quantitative estimate of drug-likeness (QED) is 0.212. The SMILES string of the molecule is C1=Cc2cc3ccc(cc4nc(cc5ccc(cc1n2)[nH]5)C=C4)[nH]3.c1ccc2nc3ccccc3cc2c1. The van der Waals surface area contributed by atoms with Crippen molar-refractivity contribution in [3.63, 3.8) is 0 Å². The Bertz CT molecular complexity index is 1760. The molecule has 6 heterocycles. The second kappa shape index (κ2) is 9.30. The van der Waals surface area contributed by atoms with Crippen LogP contribution in [0.5, 0.6) is 0 Å². The van der Waals surface area contributed by atoms with Crippen molar-refractivity contribution >= 4 is 68.2 Å². The lowest BCUT2D eigenvalue weighted by atomic mass is 10.1. The first-order chi connectivity index (χ1) is 18.7. The van der Waals surface area contributed by atoms with Gasteiger partial charge in [0.2, 0.25) is 0 Å². The van der Waals surface area contributed by atoms with E-state index in [-0.39, 0.29) is 0 Å². The molecular formula is C33H23N5. The van der Waals surface area contributed by atoms with Gasteiger partial charge in [-0.3, -0.25) is 0 Å². The summed E-state index contributed by atoms with van der Waals surface area (Å²) >= 11 is 0. The van der Waals surface area contributed by atoms with E-state index in [0.29, 0.717) is 0 Å². The van der Waals surface area contributed by atoms with Crippen molar-refractivity contribution in [1.29, 1.82) is 0 Å². The predicted octanol–water partition coefficient (Wildman–Crippen LogP) is 8.04. The van der Waals surface area contributed by atoms with Gasteiger partial charge < -0.3 is 9.97 Å². The molecule has 2 aromatic carbocycles. The van der Waals surface area contributed by atoms with Crippen molar-refractivity contribution in [2.75, 3.05) is 0 Å². The van der Waals surface area contributed by atoms with Gasteiger partial charge in [-0.25, -0.2) is 15.0 Å². The number of nitrogens with zero attached hydrogens (tertiary/aromatic N) is 3. The Morgan fingerprint density at radius 3 is 1.13 bits per heavy atom. The molecule has 0 radical (unpaired) electrons. The highest BCUT2D eigenvalue weighted by Crippen LogP contribution is 2.19. The first-order valence-electron chi connectivity index (χ1n) is 12.5. The van der Waals surface area contributed by atoms with Crippen LogP contribution in [0.15, 0.2) is 103 Å². The Morgan fingerprint density at radius 1 is 0.368 bits per heavy atom. The van der Waals surface area contributed by atoms with E-state index in [1.165, 1.54) is 10.8 Å². The fraction of sp³-hybridized carbons (Fsp3) is 0. The predicted molar refractivity (Wildman–Crippen MR) is 158 cm³/mol. The Balaban J connectivity index is 0.000000147. The third-order valence-corrected chi connectivity index (χ3v) is 6.47. The summed E-state index contributed by atoms with van der Waals surface area (Å²) in [7, 11) is 0. The Morgan fingerprint density at radius 2 is 0.737 bits per heavy atom. The standard InChI is InChI=1S/C20H14N4.C13H9N/c1-2-14-10-16-5-6-18(23-16)12-20-8-7-19(24-20)11-17-4-3-15(22-17)9-13(1)21-14;1-3-7-12-10(5-1)9-11-6-2-4-8-13(11)14-12/h1-12,21,24H;1-9H. The Labute approximate surface area is 218 Å². The van der Waals surface area contributed by atoms with Crippen molar-refractivity contribution in [2.24, 2.45) is 0 Å². The Kier molecular flexibility index (Phi) is 5.37. The molecule has 2 aliphatic rings. The van der Waals surface area contributed by atoms with Gasteiger partial charge in [0.05, 0.1) is 33.8 Å². The molecule has 0 aliphatic carbocycles. The molecular weight excluding hydrogens is 466 g/mol. The maximum atomic E-state index is 4.63. The number of hydrogen-bond donors (Lipinski definition) is 2. The number of nitrogens with one attached hydrogen (secondary N) is 2. The molecule has 5 heteroatoms. The smallest absolute Gasteiger partial charge is 0.0709 e. The van der Waals surface area contributed by atoms with Crippen molar-refractivity contribution in [1.82, 2.24) is 24.9 Å². The fourth-order valence-corrected chi connectivity index (χ4v) is 4.66. The van der Waals surface area contributed by atoms with Crippen LogP contribution in [0.2, 0.25) is 0 Å². The first kappa shape index (κ1) is 21.9. The van der Waals surface area contributed by atoms with E-state index in [1.54, 1.807) is 0 Å². The Hall–Kier alpha value is -5.29. The molecule has 5 nitrogen and oxygen atoms in total. The van der Waals surface area contributed by atoms with Crippen LogP contribution in [-0.4, -0.2) is 24.9 Å². The highest BCUT2D eigenvalue weighted by atomic mass is 14.8. The van der Waals surface area contributed by atoms with Crippen LogP contribution in [0.4, 0.5) is 0 Å². The normalized spacial score (nSPS) is 12.0. The summed E-state index contributed by atoms with van der Waals surface area (Å²) in [5.41, 5.74) is 9.98. The van der Waals surface area contributed by atoms with Gasteiger partial charge in [0, 0.05) is 32.8 Å². The number of pyridine rings is 1. The number of fused-ring (bicyclic) bond motifs is 10. The number of rotatable bonds is 0. The van der Waals surface area contributed by atoms with Crippen molar-refractivity contribution in [2.45, 2.75) is 0 Å². The third kappa shape index (κ3) is 4.61. The van der Waals surface area contributed by atoms with Crippen molar-refractivity contribution < 1.29 is 0 Å². The van der Waals surface area contributed by atoms with Gasteiger partial charge in [-0.2, -0.15) is 0 Å². The molecule has 180 valence electrons. The molecule has 0 fully saturated rings. The van der Waals surface area contributed by atoms with Gasteiger partial charge in [-0.15, -0.1) is 0 Å². The van der Waals surface area contributed by atoms with E-state index >= 15 is 0 Å². The van der Waals surface area contributed by atoms with Gasteiger partial charge >= 0.3 is 0 Å². The maximum absolute atomic E-state index is 4.63. The molecule has 0 amide bonds. The van der Waals surface area contributed by atoms with E-state index in [9.17, 15) is 0 Å². The molecule has 0 saturated carbocycles. The topological polar surface area (TPSA) is 70.2 Å². The summed E-state index contributed by atoms with van der Waals surface area (Å²) in [6.07, 6.45) is 8.09. The first-order valence-corrected chi connectivity index (χ1v) is 12.5. The minimum Gasteiger partial charge on any atom is -0.355 e. The molecule has 2 aliphatic heterocycles. The molecule has 0 saturated heterocycles. The van der Waals surface area contributed by atoms with Crippen LogP contribution in [0.1, 0.15) is 22.8 Å². The number of aromatic amines is 2. The second-order valence-electron chi connectivity index (χ2n) is 9.28. The van der Waals surface area contributed by atoms with Crippen molar-refractivity contribution in [3.8, 4) is 0 Å². The zero-order valence-corrected chi connectivity index (χ0v) is 20.5. The molecule has 2 N–H and O–H groups in total. The van der Waals surface area contributed by atoms with E-state index in [4.69, 9.17) is 0 Å². The molecule has 4 aromatic heterocycles. The fourth-order valence-electron chi connectivity index (χ4n) is 4.66. The van der Waals surface area contributed by atoms with Crippen molar-refractivity contribution in [3.05, 3.63) is 126 Å². The van der Waals surface area contributed by atoms with Crippen LogP contribution < -0.4 is 0 Å². The zero-order valence-electron chi connectivity index (χ0n) is 20.5. The van der Waals surface area contributed by atoms with Crippen LogP contribution >= 0.6 is 0 Å². The lowest BCUT2D eigenvalue weighted by molar-refractivity contribution is 1.31. The van der Waals surface area contributed by atoms with E-state index in [0.717, 1.165) is 55.9 Å². The van der Waals surface area contributed by atoms with E-state index in [1.807, 2.05) is 85.0 Å². The van der Waals surface area contributed by atoms with Crippen LogP contribution in [0.25, 0.3) is 68.2 Å². The van der Waals surface area contributed by atoms with Crippen LogP contribution in [0, 0.1) is 0 Å². The van der Waals surface area contributed by atoms with Crippen LogP contribution in [0.3, 0.4) is 0 Å². The summed E-state index contributed by atoms with van der Waals surface area (Å²) in [6.45, 7) is 0. The molecule has 0 unspecified atom stereocenters. The largest absolute Gasteiger partial charge is 0.355 e. The van der Waals surface area contributed by atoms with Gasteiger partial charge in [-0.1, -0.05) is 36.4 Å². The zero-order chi connectivity index (χ0) is 25.3. The number of H-pyrrole nitrogens is 2. The summed E-state index contributed by atoms with van der Waals surface area (Å²) in [4.78, 5) is 20.6. The summed E-state index contributed by atoms with van der Waals surface area (Å²) < 4.78 is 0. The number of benzene rings is 2. The van der Waals surface area contributed by atoms with E-state index < -0.39 is 0 Å². The maximum Gasteiger partial charge on any atom is 0.0709 e. The molecule has 0 atom stereocenters. The minimum atomic E-state index is 0.939. The highest BCUT2D eigenvalue weighted by Gasteiger charge is 2.01. The van der Waals surface area contributed by atoms with Gasteiger partial charge in [0.1, 0.15) is 0 Å². The van der Waals surface area contributed by atoms with Gasteiger partial charge in [0.15, 0.2) is 0 Å². The summed E-state index contributed by atoms with van der Waals surface area (Å²) in [6, 6.07) is 34.9. The van der Waals surface area contributed by atoms with Crippen LogP contribution in [-0.2, 0) is 0 Å². The lowest BCUT2D eigenvalue weighted by Crippen LogP contribution is -1.80. The third-order valence-electron chi connectivity index (χ3n) is 6.47. The molecule has 38 heavy (non-hydrogen) atoms. The second-order valence-corrected chi connectivity index (χ2v) is 9.28. The minimum absolute atomic E-state index is 0.939. The molecule has 6 aromatic rings. The number of para-hydroxylation sites is 2. The summed E-state index contributed by atoms with van der Waals surface area (Å²) in [5, 5.41) is 2.40. The monoisotopic (exact) mass is 489 g/mol. The molecule has 8 rings (SSSR count). The summed E-state index contributed by atoms with van der Waals surface area (Å²) in [5.74, 6) is 0. The van der Waals surface area contributed by atoms with Gasteiger partial charge in [-0.05, 0) is 91.0 Å². The lowest BCUT2D eigenvalue weighted by Gasteiger charge is -1.99. The molecule has 8 bridgehead atoms. The van der Waals surface area contributed by atoms with E-state index in [2.05, 4.69) is 67.4 Å². The average molecular weight is 490 g/mol. The molecule has 0 spiro atoms.